The molecule has 0 bridgehead atoms. The van der Waals surface area contributed by atoms with Gasteiger partial charge in [0.2, 0.25) is 0 Å². The summed E-state index contributed by atoms with van der Waals surface area (Å²) >= 11 is 0. The number of hydrogen-bond donors (Lipinski definition) is 2. The van der Waals surface area contributed by atoms with E-state index in [9.17, 15) is 5.11 Å². The molecule has 0 amide bonds. The molecule has 0 saturated heterocycles. The van der Waals surface area contributed by atoms with Crippen LogP contribution in [0.25, 0.3) is 0 Å². The first-order valence-electron chi connectivity index (χ1n) is 7.14. The second kappa shape index (κ2) is 7.29. The molecule has 1 saturated carbocycles. The van der Waals surface area contributed by atoms with Crippen molar-refractivity contribution in [1.82, 2.24) is 0 Å². The van der Waals surface area contributed by atoms with Crippen LogP contribution >= 0.6 is 0 Å². The molecule has 1 rings (SSSR count). The van der Waals surface area contributed by atoms with Crippen LogP contribution in [0.15, 0.2) is 0 Å². The van der Waals surface area contributed by atoms with Crippen LogP contribution in [0.1, 0.15) is 77.6 Å². The van der Waals surface area contributed by atoms with Gasteiger partial charge in [-0.25, -0.2) is 0 Å². The largest absolute Gasteiger partial charge is 0.390 e. The van der Waals surface area contributed by atoms with Gasteiger partial charge in [-0.1, -0.05) is 45.4 Å². The predicted molar refractivity (Wildman–Crippen MR) is 69.4 cm³/mol. The Hall–Kier alpha value is -0.0800. The third-order valence-corrected chi connectivity index (χ3v) is 3.85. The lowest BCUT2D eigenvalue weighted by molar-refractivity contribution is -0.0119. The maximum atomic E-state index is 10.4. The van der Waals surface area contributed by atoms with Gasteiger partial charge in [-0.15, -0.1) is 0 Å². The molecule has 2 nitrogen and oxygen atoms in total. The van der Waals surface area contributed by atoms with Crippen molar-refractivity contribution in [1.29, 1.82) is 0 Å². The molecular weight excluding hydrogens is 198 g/mol. The van der Waals surface area contributed by atoms with E-state index in [1.807, 2.05) is 0 Å². The fourth-order valence-electron chi connectivity index (χ4n) is 2.85. The monoisotopic (exact) mass is 227 g/mol. The van der Waals surface area contributed by atoms with E-state index >= 15 is 0 Å². The molecule has 3 N–H and O–H groups in total. The number of unbranched alkanes of at least 4 members (excludes halogenated alkanes) is 5. The van der Waals surface area contributed by atoms with Crippen LogP contribution in [0.2, 0.25) is 0 Å². The zero-order valence-corrected chi connectivity index (χ0v) is 10.9. The van der Waals surface area contributed by atoms with Gasteiger partial charge >= 0.3 is 0 Å². The van der Waals surface area contributed by atoms with Gasteiger partial charge in [-0.3, -0.25) is 0 Å². The van der Waals surface area contributed by atoms with Crippen molar-refractivity contribution in [3.8, 4) is 0 Å². The van der Waals surface area contributed by atoms with Crippen LogP contribution in [0.3, 0.4) is 0 Å². The second-order valence-corrected chi connectivity index (χ2v) is 5.60. The van der Waals surface area contributed by atoms with Gasteiger partial charge in [0.1, 0.15) is 0 Å². The summed E-state index contributed by atoms with van der Waals surface area (Å²) in [5, 5.41) is 10.4. The van der Waals surface area contributed by atoms with Crippen molar-refractivity contribution in [2.75, 3.05) is 0 Å². The summed E-state index contributed by atoms with van der Waals surface area (Å²) < 4.78 is 0. The van der Waals surface area contributed by atoms with E-state index < -0.39 is 5.60 Å². The molecule has 0 aromatic rings. The maximum Gasteiger partial charge on any atom is 0.0662 e. The summed E-state index contributed by atoms with van der Waals surface area (Å²) in [5.41, 5.74) is 5.49. The van der Waals surface area contributed by atoms with E-state index in [0.29, 0.717) is 0 Å². The summed E-state index contributed by atoms with van der Waals surface area (Å²) in [6.07, 6.45) is 12.7. The third kappa shape index (κ3) is 5.31. The SMILES string of the molecule is CCCCCCCCC1(O)CCCC(N)C1. The highest BCUT2D eigenvalue weighted by atomic mass is 16.3. The number of aliphatic hydroxyl groups is 1. The minimum absolute atomic E-state index is 0.235. The van der Waals surface area contributed by atoms with Crippen molar-refractivity contribution in [3.05, 3.63) is 0 Å². The lowest BCUT2D eigenvalue weighted by atomic mass is 9.79. The van der Waals surface area contributed by atoms with Gasteiger partial charge in [0.25, 0.3) is 0 Å². The van der Waals surface area contributed by atoms with Crippen LogP contribution in [0.4, 0.5) is 0 Å². The zero-order valence-electron chi connectivity index (χ0n) is 10.9. The summed E-state index contributed by atoms with van der Waals surface area (Å²) in [7, 11) is 0. The van der Waals surface area contributed by atoms with Crippen molar-refractivity contribution >= 4 is 0 Å². The molecule has 0 aromatic carbocycles. The van der Waals surface area contributed by atoms with E-state index in [4.69, 9.17) is 5.73 Å². The van der Waals surface area contributed by atoms with Crippen molar-refractivity contribution in [2.45, 2.75) is 89.2 Å². The van der Waals surface area contributed by atoms with E-state index in [0.717, 1.165) is 32.1 Å². The second-order valence-electron chi connectivity index (χ2n) is 5.60. The Balaban J connectivity index is 2.06. The molecular formula is C14H29NO. The molecule has 0 radical (unpaired) electrons. The average Bonchev–Trinajstić information content (AvgIpc) is 2.23. The quantitative estimate of drug-likeness (QED) is 0.655. The first kappa shape index (κ1) is 14.0. The highest BCUT2D eigenvalue weighted by molar-refractivity contribution is 4.87. The lowest BCUT2D eigenvalue weighted by Crippen LogP contribution is -2.41. The first-order valence-corrected chi connectivity index (χ1v) is 7.14. The van der Waals surface area contributed by atoms with Crippen LogP contribution < -0.4 is 5.73 Å². The molecule has 2 unspecified atom stereocenters. The Morgan fingerprint density at radius 2 is 1.88 bits per heavy atom. The van der Waals surface area contributed by atoms with E-state index in [1.165, 1.54) is 38.5 Å². The Labute approximate surface area is 101 Å². The molecule has 2 heteroatoms. The van der Waals surface area contributed by atoms with Crippen LogP contribution in [0.5, 0.6) is 0 Å². The number of nitrogens with two attached hydrogens (primary N) is 1. The van der Waals surface area contributed by atoms with Crippen LogP contribution in [0, 0.1) is 0 Å². The Kier molecular flexibility index (Phi) is 6.37. The highest BCUT2D eigenvalue weighted by Crippen LogP contribution is 2.32. The molecule has 96 valence electrons. The lowest BCUT2D eigenvalue weighted by Gasteiger charge is -2.35. The van der Waals surface area contributed by atoms with E-state index in [1.54, 1.807) is 0 Å². The minimum atomic E-state index is -0.428. The highest BCUT2D eigenvalue weighted by Gasteiger charge is 2.31. The smallest absolute Gasteiger partial charge is 0.0662 e. The zero-order chi connectivity index (χ0) is 11.9. The van der Waals surface area contributed by atoms with Crippen molar-refractivity contribution in [3.63, 3.8) is 0 Å². The summed E-state index contributed by atoms with van der Waals surface area (Å²) in [6.45, 7) is 2.24. The topological polar surface area (TPSA) is 46.2 Å². The van der Waals surface area contributed by atoms with Crippen LogP contribution in [-0.4, -0.2) is 16.7 Å². The van der Waals surface area contributed by atoms with Gasteiger partial charge in [0.05, 0.1) is 5.60 Å². The van der Waals surface area contributed by atoms with Crippen LogP contribution in [-0.2, 0) is 0 Å². The molecule has 0 aliphatic heterocycles. The summed E-state index contributed by atoms with van der Waals surface area (Å²) in [5.74, 6) is 0. The standard InChI is InChI=1S/C14H29NO/c1-2-3-4-5-6-7-10-14(16)11-8-9-13(15)12-14/h13,16H,2-12,15H2,1H3. The fraction of sp³-hybridized carbons (Fsp3) is 1.00. The predicted octanol–water partition coefficient (Wildman–Crippen LogP) is 3.37. The summed E-state index contributed by atoms with van der Waals surface area (Å²) in [4.78, 5) is 0. The van der Waals surface area contributed by atoms with Gasteiger partial charge in [-0.2, -0.15) is 0 Å². The Morgan fingerprint density at radius 1 is 1.19 bits per heavy atom. The molecule has 1 fully saturated rings. The number of rotatable bonds is 7. The maximum absolute atomic E-state index is 10.4. The first-order chi connectivity index (χ1) is 7.66. The third-order valence-electron chi connectivity index (χ3n) is 3.85. The molecule has 2 atom stereocenters. The van der Waals surface area contributed by atoms with Gasteiger partial charge in [0.15, 0.2) is 0 Å². The molecule has 0 aromatic heterocycles. The van der Waals surface area contributed by atoms with Crippen molar-refractivity contribution in [2.24, 2.45) is 5.73 Å². The Bertz CT molecular complexity index is 184. The fourth-order valence-corrected chi connectivity index (χ4v) is 2.85. The van der Waals surface area contributed by atoms with Gasteiger partial charge in [-0.05, 0) is 32.1 Å². The molecule has 1 aliphatic carbocycles. The van der Waals surface area contributed by atoms with E-state index in [-0.39, 0.29) is 6.04 Å². The average molecular weight is 227 g/mol. The minimum Gasteiger partial charge on any atom is -0.390 e. The Morgan fingerprint density at radius 3 is 2.56 bits per heavy atom. The van der Waals surface area contributed by atoms with Crippen molar-refractivity contribution < 1.29 is 5.11 Å². The molecule has 1 aliphatic rings. The molecule has 16 heavy (non-hydrogen) atoms. The molecule has 0 spiro atoms. The van der Waals surface area contributed by atoms with Gasteiger partial charge in [0, 0.05) is 6.04 Å². The van der Waals surface area contributed by atoms with E-state index in [2.05, 4.69) is 6.92 Å². The normalized spacial score (nSPS) is 30.6. The summed E-state index contributed by atoms with van der Waals surface area (Å²) in [6, 6.07) is 0.235. The van der Waals surface area contributed by atoms with Gasteiger partial charge < -0.3 is 10.8 Å². The number of hydrogen-bond acceptors (Lipinski definition) is 2. The molecule has 0 heterocycles.